The first-order valence-electron chi connectivity index (χ1n) is 5.47. The van der Waals surface area contributed by atoms with Crippen molar-refractivity contribution in [3.8, 4) is 0 Å². The van der Waals surface area contributed by atoms with Crippen molar-refractivity contribution in [2.24, 2.45) is 0 Å². The van der Waals surface area contributed by atoms with E-state index in [0.717, 1.165) is 0 Å². The zero-order valence-electron chi connectivity index (χ0n) is 10.2. The van der Waals surface area contributed by atoms with E-state index >= 15 is 0 Å². The topological polar surface area (TPSA) is 34.3 Å². The molecule has 3 rings (SSSR count). The van der Waals surface area contributed by atoms with Crippen LogP contribution in [0.5, 0.6) is 0 Å². The van der Waals surface area contributed by atoms with E-state index in [-0.39, 0.29) is 11.2 Å². The number of hydrogen-bond donors (Lipinski definition) is 0. The first-order valence-corrected chi connectivity index (χ1v) is 5.47. The van der Waals surface area contributed by atoms with Gasteiger partial charge < -0.3 is 14.2 Å². The molecule has 0 N–H and O–H groups in total. The Kier molecular flexibility index (Phi) is 1.33. The Hall–Kier alpha value is -0.380. The van der Waals surface area contributed by atoms with Crippen LogP contribution >= 0.6 is 0 Å². The number of ether oxygens (including phenoxy) is 3. The lowest BCUT2D eigenvalue weighted by molar-refractivity contribution is -0.132. The SMILES string of the molecule is CC1=C(C)C2(C)OC2(C)OC2(C)OC12C. The summed E-state index contributed by atoms with van der Waals surface area (Å²) in [5.41, 5.74) is 1.96. The van der Waals surface area contributed by atoms with Crippen LogP contribution < -0.4 is 0 Å². The van der Waals surface area contributed by atoms with Gasteiger partial charge in [0.15, 0.2) is 0 Å². The smallest absolute Gasteiger partial charge is 0.202 e. The van der Waals surface area contributed by atoms with E-state index in [4.69, 9.17) is 14.2 Å². The molecule has 3 nitrogen and oxygen atoms in total. The van der Waals surface area contributed by atoms with Crippen molar-refractivity contribution < 1.29 is 14.2 Å². The molecule has 0 amide bonds. The molecule has 0 aromatic carbocycles. The molecule has 0 radical (unpaired) electrons. The van der Waals surface area contributed by atoms with Gasteiger partial charge in [-0.3, -0.25) is 0 Å². The molecule has 0 saturated carbocycles. The van der Waals surface area contributed by atoms with Crippen molar-refractivity contribution in [2.45, 2.75) is 64.3 Å². The van der Waals surface area contributed by atoms with Gasteiger partial charge in [-0.2, -0.15) is 0 Å². The first kappa shape index (κ1) is 9.82. The first-order chi connectivity index (χ1) is 6.69. The number of fused-ring (bicyclic) bond motifs is 2. The average molecular weight is 210 g/mol. The molecule has 0 aromatic rings. The molecule has 3 aliphatic rings. The highest BCUT2D eigenvalue weighted by Gasteiger charge is 2.79. The fourth-order valence-electron chi connectivity index (χ4n) is 2.89. The normalized spacial score (nSPS) is 62.0. The van der Waals surface area contributed by atoms with Gasteiger partial charge in [0.1, 0.15) is 11.2 Å². The summed E-state index contributed by atoms with van der Waals surface area (Å²) in [7, 11) is 0. The van der Waals surface area contributed by atoms with Gasteiger partial charge in [0.05, 0.1) is 0 Å². The summed E-state index contributed by atoms with van der Waals surface area (Å²) in [5, 5.41) is 0. The van der Waals surface area contributed by atoms with Gasteiger partial charge in [-0.15, -0.1) is 0 Å². The number of epoxide rings is 2. The Bertz CT molecular complexity index is 366. The van der Waals surface area contributed by atoms with E-state index in [1.165, 1.54) is 11.1 Å². The number of hydrogen-bond acceptors (Lipinski definition) is 3. The summed E-state index contributed by atoms with van der Waals surface area (Å²) in [6.07, 6.45) is 0. The monoisotopic (exact) mass is 210 g/mol. The van der Waals surface area contributed by atoms with Gasteiger partial charge >= 0.3 is 0 Å². The number of rotatable bonds is 0. The Morgan fingerprint density at radius 1 is 0.667 bits per heavy atom. The molecule has 0 spiro atoms. The maximum atomic E-state index is 6.00. The van der Waals surface area contributed by atoms with Crippen LogP contribution in [-0.4, -0.2) is 22.8 Å². The van der Waals surface area contributed by atoms with Gasteiger partial charge in [-0.1, -0.05) is 0 Å². The molecular weight excluding hydrogens is 192 g/mol. The van der Waals surface area contributed by atoms with Crippen molar-refractivity contribution in [2.75, 3.05) is 0 Å². The Balaban J connectivity index is 2.17. The van der Waals surface area contributed by atoms with Gasteiger partial charge in [-0.25, -0.2) is 0 Å². The highest BCUT2D eigenvalue weighted by Crippen LogP contribution is 2.66. The zero-order valence-corrected chi connectivity index (χ0v) is 10.2. The third kappa shape index (κ3) is 0.811. The second kappa shape index (κ2) is 2.04. The van der Waals surface area contributed by atoms with Crippen LogP contribution in [0.3, 0.4) is 0 Å². The summed E-state index contributed by atoms with van der Waals surface area (Å²) in [6, 6.07) is 0. The van der Waals surface area contributed by atoms with Crippen molar-refractivity contribution in [3.05, 3.63) is 11.1 Å². The molecular formula is C12H18O3. The Morgan fingerprint density at radius 2 is 1.00 bits per heavy atom. The molecule has 2 fully saturated rings. The Labute approximate surface area is 90.4 Å². The summed E-state index contributed by atoms with van der Waals surface area (Å²) >= 11 is 0. The molecule has 15 heavy (non-hydrogen) atoms. The highest BCUT2D eigenvalue weighted by molar-refractivity contribution is 5.42. The molecule has 0 aromatic heterocycles. The molecule has 0 aliphatic carbocycles. The average Bonchev–Trinajstić information content (AvgIpc) is 2.84. The molecule has 0 bridgehead atoms. The minimum atomic E-state index is -0.513. The lowest BCUT2D eigenvalue weighted by Crippen LogP contribution is -2.30. The standard InChI is InChI=1S/C12H18O3/c1-7-8(2)10(4)12(6,14-10)15-11(5)9(7,3)13-11/h1-6H3. The summed E-state index contributed by atoms with van der Waals surface area (Å²) in [4.78, 5) is 0. The van der Waals surface area contributed by atoms with E-state index in [0.29, 0.717) is 0 Å². The molecule has 3 aliphatic heterocycles. The fourth-order valence-corrected chi connectivity index (χ4v) is 2.89. The van der Waals surface area contributed by atoms with Crippen LogP contribution in [0.25, 0.3) is 0 Å². The van der Waals surface area contributed by atoms with E-state index in [2.05, 4.69) is 27.7 Å². The third-order valence-electron chi connectivity index (χ3n) is 4.83. The van der Waals surface area contributed by atoms with Crippen LogP contribution in [0.15, 0.2) is 11.1 Å². The predicted octanol–water partition coefficient (Wildman–Crippen LogP) is 2.36. The van der Waals surface area contributed by atoms with E-state index in [1.54, 1.807) is 0 Å². The van der Waals surface area contributed by atoms with Gasteiger partial charge in [0.2, 0.25) is 11.6 Å². The zero-order chi connectivity index (χ0) is 11.3. The largest absolute Gasteiger partial charge is 0.331 e. The second-order valence-electron chi connectivity index (χ2n) is 5.51. The second-order valence-corrected chi connectivity index (χ2v) is 5.51. The quantitative estimate of drug-likeness (QED) is 0.454. The molecule has 3 heteroatoms. The molecule has 4 atom stereocenters. The molecule has 4 unspecified atom stereocenters. The van der Waals surface area contributed by atoms with Crippen LogP contribution in [0.1, 0.15) is 41.5 Å². The van der Waals surface area contributed by atoms with Crippen LogP contribution in [0.4, 0.5) is 0 Å². The van der Waals surface area contributed by atoms with Crippen molar-refractivity contribution >= 4 is 0 Å². The van der Waals surface area contributed by atoms with Crippen molar-refractivity contribution in [1.29, 1.82) is 0 Å². The molecule has 3 heterocycles. The minimum Gasteiger partial charge on any atom is -0.331 e. The van der Waals surface area contributed by atoms with Crippen molar-refractivity contribution in [1.82, 2.24) is 0 Å². The third-order valence-corrected chi connectivity index (χ3v) is 4.83. The van der Waals surface area contributed by atoms with E-state index < -0.39 is 11.6 Å². The summed E-state index contributed by atoms with van der Waals surface area (Å²) in [6.45, 7) is 12.4. The van der Waals surface area contributed by atoms with Crippen LogP contribution in [0.2, 0.25) is 0 Å². The van der Waals surface area contributed by atoms with E-state index in [1.807, 2.05) is 13.8 Å². The van der Waals surface area contributed by atoms with E-state index in [9.17, 15) is 0 Å². The lowest BCUT2D eigenvalue weighted by atomic mass is 9.88. The van der Waals surface area contributed by atoms with Gasteiger partial charge in [-0.05, 0) is 52.7 Å². The lowest BCUT2D eigenvalue weighted by Gasteiger charge is -2.14. The van der Waals surface area contributed by atoms with Gasteiger partial charge in [0, 0.05) is 0 Å². The minimum absolute atomic E-state index is 0.264. The summed E-state index contributed by atoms with van der Waals surface area (Å²) < 4.78 is 17.5. The predicted molar refractivity (Wildman–Crippen MR) is 55.2 cm³/mol. The Morgan fingerprint density at radius 3 is 1.33 bits per heavy atom. The highest BCUT2D eigenvalue weighted by atomic mass is 16.9. The van der Waals surface area contributed by atoms with Crippen LogP contribution in [-0.2, 0) is 14.2 Å². The fraction of sp³-hybridized carbons (Fsp3) is 0.833. The molecule has 84 valence electrons. The summed E-state index contributed by atoms with van der Waals surface area (Å²) in [5.74, 6) is -1.03. The molecule has 2 saturated heterocycles. The maximum absolute atomic E-state index is 6.00. The maximum Gasteiger partial charge on any atom is 0.202 e. The van der Waals surface area contributed by atoms with Gasteiger partial charge in [0.25, 0.3) is 0 Å². The van der Waals surface area contributed by atoms with Crippen molar-refractivity contribution in [3.63, 3.8) is 0 Å². The van der Waals surface area contributed by atoms with Crippen LogP contribution in [0, 0.1) is 0 Å².